The topological polar surface area (TPSA) is 24.5 Å². The SMILES string of the molecule is COc1ccc2cc(CN(C)CC3(C)CCNC3)ccc2c1. The first-order valence-corrected chi connectivity index (χ1v) is 8.04. The summed E-state index contributed by atoms with van der Waals surface area (Å²) < 4.78 is 5.29. The molecular weight excluding hydrogens is 272 g/mol. The number of benzene rings is 2. The van der Waals surface area contributed by atoms with E-state index in [0.717, 1.165) is 31.9 Å². The van der Waals surface area contributed by atoms with Gasteiger partial charge in [-0.25, -0.2) is 0 Å². The predicted octanol–water partition coefficient (Wildman–Crippen LogP) is 3.28. The third-order valence-corrected chi connectivity index (χ3v) is 4.67. The van der Waals surface area contributed by atoms with E-state index in [9.17, 15) is 0 Å². The third-order valence-electron chi connectivity index (χ3n) is 4.67. The summed E-state index contributed by atoms with van der Waals surface area (Å²) in [5.41, 5.74) is 1.79. The highest BCUT2D eigenvalue weighted by molar-refractivity contribution is 5.84. The molecule has 118 valence electrons. The van der Waals surface area contributed by atoms with Crippen LogP contribution >= 0.6 is 0 Å². The maximum absolute atomic E-state index is 5.29. The Morgan fingerprint density at radius 1 is 1.18 bits per heavy atom. The normalized spacial score (nSPS) is 21.6. The standard InChI is InChI=1S/C19H26N2O/c1-19(8-9-20-13-19)14-21(2)12-15-4-5-17-11-18(22-3)7-6-16(17)10-15/h4-7,10-11,20H,8-9,12-14H2,1-3H3. The number of hydrogen-bond acceptors (Lipinski definition) is 3. The second-order valence-corrected chi connectivity index (χ2v) is 6.96. The van der Waals surface area contributed by atoms with Crippen LogP contribution < -0.4 is 10.1 Å². The molecule has 0 radical (unpaired) electrons. The van der Waals surface area contributed by atoms with Gasteiger partial charge >= 0.3 is 0 Å². The molecule has 1 saturated heterocycles. The lowest BCUT2D eigenvalue weighted by molar-refractivity contribution is 0.203. The maximum atomic E-state index is 5.29. The molecule has 3 nitrogen and oxygen atoms in total. The van der Waals surface area contributed by atoms with Crippen molar-refractivity contribution in [3.05, 3.63) is 42.0 Å². The second kappa shape index (κ2) is 6.27. The first-order chi connectivity index (χ1) is 10.6. The molecule has 0 saturated carbocycles. The fraction of sp³-hybridized carbons (Fsp3) is 0.474. The van der Waals surface area contributed by atoms with Crippen LogP contribution in [0.2, 0.25) is 0 Å². The number of ether oxygens (including phenoxy) is 1. The Morgan fingerprint density at radius 3 is 2.68 bits per heavy atom. The van der Waals surface area contributed by atoms with Crippen molar-refractivity contribution in [2.75, 3.05) is 33.8 Å². The van der Waals surface area contributed by atoms with Gasteiger partial charge in [0.1, 0.15) is 5.75 Å². The van der Waals surface area contributed by atoms with Crippen LogP contribution in [0.15, 0.2) is 36.4 Å². The minimum Gasteiger partial charge on any atom is -0.497 e. The third kappa shape index (κ3) is 3.42. The molecule has 3 rings (SSSR count). The van der Waals surface area contributed by atoms with Gasteiger partial charge in [0, 0.05) is 19.6 Å². The van der Waals surface area contributed by atoms with Gasteiger partial charge in [0.2, 0.25) is 0 Å². The Morgan fingerprint density at radius 2 is 1.95 bits per heavy atom. The molecule has 1 heterocycles. The van der Waals surface area contributed by atoms with E-state index in [2.05, 4.69) is 54.5 Å². The number of nitrogens with zero attached hydrogens (tertiary/aromatic N) is 1. The van der Waals surface area contributed by atoms with Gasteiger partial charge in [-0.15, -0.1) is 0 Å². The summed E-state index contributed by atoms with van der Waals surface area (Å²) in [6.07, 6.45) is 1.27. The number of hydrogen-bond donors (Lipinski definition) is 1. The van der Waals surface area contributed by atoms with E-state index in [4.69, 9.17) is 4.74 Å². The number of rotatable bonds is 5. The summed E-state index contributed by atoms with van der Waals surface area (Å²) in [6, 6.07) is 13.0. The molecule has 1 unspecified atom stereocenters. The van der Waals surface area contributed by atoms with Gasteiger partial charge in [-0.3, -0.25) is 0 Å². The summed E-state index contributed by atoms with van der Waals surface area (Å²) in [5.74, 6) is 0.916. The van der Waals surface area contributed by atoms with Crippen LogP contribution in [0.4, 0.5) is 0 Å². The lowest BCUT2D eigenvalue weighted by atomic mass is 9.89. The summed E-state index contributed by atoms with van der Waals surface area (Å²) >= 11 is 0. The summed E-state index contributed by atoms with van der Waals surface area (Å²) in [6.45, 7) is 6.81. The molecular formula is C19H26N2O. The zero-order valence-electron chi connectivity index (χ0n) is 13.9. The van der Waals surface area contributed by atoms with Gasteiger partial charge in [0.25, 0.3) is 0 Å². The average Bonchev–Trinajstić information content (AvgIpc) is 2.92. The van der Waals surface area contributed by atoms with Crippen molar-refractivity contribution in [2.24, 2.45) is 5.41 Å². The molecule has 0 amide bonds. The monoisotopic (exact) mass is 298 g/mol. The van der Waals surface area contributed by atoms with Gasteiger partial charge in [0.15, 0.2) is 0 Å². The summed E-state index contributed by atoms with van der Waals surface area (Å²) in [5, 5.41) is 5.99. The molecule has 1 atom stereocenters. The highest BCUT2D eigenvalue weighted by Crippen LogP contribution is 2.26. The minimum absolute atomic E-state index is 0.416. The highest BCUT2D eigenvalue weighted by atomic mass is 16.5. The van der Waals surface area contributed by atoms with Crippen molar-refractivity contribution in [3.8, 4) is 5.75 Å². The summed E-state index contributed by atoms with van der Waals surface area (Å²) in [4.78, 5) is 2.44. The lowest BCUT2D eigenvalue weighted by Crippen LogP contribution is -2.34. The zero-order valence-corrected chi connectivity index (χ0v) is 13.9. The van der Waals surface area contributed by atoms with Gasteiger partial charge in [-0.1, -0.05) is 25.1 Å². The number of nitrogens with one attached hydrogen (secondary N) is 1. The van der Waals surface area contributed by atoms with E-state index in [1.807, 2.05) is 6.07 Å². The van der Waals surface area contributed by atoms with Crippen LogP contribution in [0.1, 0.15) is 18.9 Å². The van der Waals surface area contributed by atoms with Crippen LogP contribution in [0.5, 0.6) is 5.75 Å². The van der Waals surface area contributed by atoms with Crippen LogP contribution in [-0.4, -0.2) is 38.7 Å². The van der Waals surface area contributed by atoms with Crippen molar-refractivity contribution in [2.45, 2.75) is 19.9 Å². The molecule has 1 N–H and O–H groups in total. The molecule has 0 spiro atoms. The fourth-order valence-electron chi connectivity index (χ4n) is 3.52. The number of fused-ring (bicyclic) bond motifs is 1. The van der Waals surface area contributed by atoms with Crippen LogP contribution in [0.25, 0.3) is 10.8 Å². The van der Waals surface area contributed by atoms with Crippen molar-refractivity contribution < 1.29 is 4.74 Å². The molecule has 2 aromatic rings. The fourth-order valence-corrected chi connectivity index (χ4v) is 3.52. The Bertz CT molecular complexity index is 647. The van der Waals surface area contributed by atoms with E-state index in [-0.39, 0.29) is 0 Å². The molecule has 3 heteroatoms. The van der Waals surface area contributed by atoms with Gasteiger partial charge in [-0.05, 0) is 60.0 Å². The molecule has 0 aliphatic carbocycles. The quantitative estimate of drug-likeness (QED) is 0.917. The van der Waals surface area contributed by atoms with E-state index in [1.54, 1.807) is 7.11 Å². The zero-order chi connectivity index (χ0) is 15.6. The summed E-state index contributed by atoms with van der Waals surface area (Å²) in [7, 11) is 3.94. The predicted molar refractivity (Wildman–Crippen MR) is 92.4 cm³/mol. The van der Waals surface area contributed by atoms with Crippen LogP contribution in [-0.2, 0) is 6.54 Å². The molecule has 1 fully saturated rings. The van der Waals surface area contributed by atoms with Gasteiger partial charge in [-0.2, -0.15) is 0 Å². The Labute approximate surface area is 133 Å². The first-order valence-electron chi connectivity index (χ1n) is 8.04. The smallest absolute Gasteiger partial charge is 0.119 e. The maximum Gasteiger partial charge on any atom is 0.119 e. The van der Waals surface area contributed by atoms with E-state index < -0.39 is 0 Å². The van der Waals surface area contributed by atoms with Crippen LogP contribution in [0, 0.1) is 5.41 Å². The van der Waals surface area contributed by atoms with Gasteiger partial charge in [0.05, 0.1) is 7.11 Å². The average molecular weight is 298 g/mol. The Kier molecular flexibility index (Phi) is 4.37. The van der Waals surface area contributed by atoms with E-state index >= 15 is 0 Å². The molecule has 2 aromatic carbocycles. The van der Waals surface area contributed by atoms with Crippen molar-refractivity contribution in [1.29, 1.82) is 0 Å². The molecule has 0 bridgehead atoms. The molecule has 1 aliphatic heterocycles. The molecule has 0 aromatic heterocycles. The van der Waals surface area contributed by atoms with Crippen molar-refractivity contribution in [1.82, 2.24) is 10.2 Å². The molecule has 22 heavy (non-hydrogen) atoms. The Balaban J connectivity index is 1.70. The highest BCUT2D eigenvalue weighted by Gasteiger charge is 2.29. The van der Waals surface area contributed by atoms with Crippen LogP contribution in [0.3, 0.4) is 0 Å². The van der Waals surface area contributed by atoms with E-state index in [0.29, 0.717) is 5.41 Å². The van der Waals surface area contributed by atoms with Crippen molar-refractivity contribution >= 4 is 10.8 Å². The van der Waals surface area contributed by atoms with Crippen molar-refractivity contribution in [3.63, 3.8) is 0 Å². The van der Waals surface area contributed by atoms with Gasteiger partial charge < -0.3 is 15.0 Å². The first kappa shape index (κ1) is 15.3. The lowest BCUT2D eigenvalue weighted by Gasteiger charge is -2.29. The van der Waals surface area contributed by atoms with E-state index in [1.165, 1.54) is 22.8 Å². The Hall–Kier alpha value is -1.58. The second-order valence-electron chi connectivity index (χ2n) is 6.96. The minimum atomic E-state index is 0.416. The number of methoxy groups -OCH3 is 1. The molecule has 1 aliphatic rings. The largest absolute Gasteiger partial charge is 0.497 e.